The van der Waals surface area contributed by atoms with Gasteiger partial charge >= 0.3 is 12.1 Å². The fourth-order valence-corrected chi connectivity index (χ4v) is 0.752. The fourth-order valence-electron chi connectivity index (χ4n) is 0.573. The maximum absolute atomic E-state index is 11.1. The van der Waals surface area contributed by atoms with E-state index in [1.54, 1.807) is 20.8 Å². The average Bonchev–Trinajstić information content (AvgIpc) is 1.99. The Bertz CT molecular complexity index is 224. The molecule has 0 aliphatic carbocycles. The van der Waals surface area contributed by atoms with Crippen LogP contribution in [-0.2, 0) is 14.3 Å². The van der Waals surface area contributed by atoms with Crippen molar-refractivity contribution in [3.8, 4) is 0 Å². The Kier molecular flexibility index (Phi) is 4.70. The highest BCUT2D eigenvalue weighted by molar-refractivity contribution is 6.30. The third-order valence-electron chi connectivity index (χ3n) is 1.05. The lowest BCUT2D eigenvalue weighted by Gasteiger charge is -2.20. The first-order valence-corrected chi connectivity index (χ1v) is 4.41. The van der Waals surface area contributed by atoms with Crippen LogP contribution in [0.25, 0.3) is 0 Å². The molecule has 0 aromatic rings. The zero-order valence-corrected chi connectivity index (χ0v) is 9.34. The minimum absolute atomic E-state index is 0.628. The van der Waals surface area contributed by atoms with E-state index in [2.05, 4.69) is 10.1 Å². The third-order valence-corrected chi connectivity index (χ3v) is 1.34. The van der Waals surface area contributed by atoms with E-state index in [9.17, 15) is 9.59 Å². The molecule has 0 aliphatic heterocycles. The molecule has 0 saturated heterocycles. The molecule has 0 heterocycles. The summed E-state index contributed by atoms with van der Waals surface area (Å²) in [4.78, 5) is 21.9. The molecule has 1 amide bonds. The molecule has 0 aliphatic rings. The Balaban J connectivity index is 4.01. The molecule has 0 rings (SSSR count). The second-order valence-electron chi connectivity index (χ2n) is 3.53. The van der Waals surface area contributed by atoms with E-state index in [4.69, 9.17) is 16.3 Å². The van der Waals surface area contributed by atoms with Crippen LogP contribution in [0.3, 0.4) is 0 Å². The summed E-state index contributed by atoms with van der Waals surface area (Å²) < 4.78 is 9.16. The summed E-state index contributed by atoms with van der Waals surface area (Å²) in [6, 6.07) is 0. The molecule has 6 heteroatoms. The van der Waals surface area contributed by atoms with Gasteiger partial charge in [-0.2, -0.15) is 0 Å². The van der Waals surface area contributed by atoms with Gasteiger partial charge in [-0.3, -0.25) is 5.32 Å². The lowest BCUT2D eigenvalue weighted by atomic mass is 10.2. The Morgan fingerprint density at radius 1 is 1.36 bits per heavy atom. The van der Waals surface area contributed by atoms with E-state index in [-0.39, 0.29) is 0 Å². The molecule has 14 heavy (non-hydrogen) atoms. The quantitative estimate of drug-likeness (QED) is 0.435. The van der Waals surface area contributed by atoms with Crippen LogP contribution in [0, 0.1) is 0 Å². The number of rotatable bonds is 2. The number of carbonyl (C=O) groups excluding carboxylic acids is 2. The molecule has 1 atom stereocenters. The summed E-state index contributed by atoms with van der Waals surface area (Å²) in [5, 5.41) is 2.12. The Labute approximate surface area is 87.7 Å². The maximum atomic E-state index is 11.1. The monoisotopic (exact) mass is 223 g/mol. The molecule has 0 bridgehead atoms. The average molecular weight is 224 g/mol. The molecular weight excluding hydrogens is 210 g/mol. The highest BCUT2D eigenvalue weighted by Crippen LogP contribution is 2.07. The SMILES string of the molecule is COC(=O)[C@H](Cl)NC(=O)OC(C)(C)C. The number of alkyl carbamates (subject to hydrolysis) is 1. The number of hydrogen-bond donors (Lipinski definition) is 1. The van der Waals surface area contributed by atoms with E-state index in [1.165, 1.54) is 7.11 Å². The van der Waals surface area contributed by atoms with Gasteiger partial charge in [0, 0.05) is 0 Å². The van der Waals surface area contributed by atoms with Crippen molar-refractivity contribution in [1.29, 1.82) is 0 Å². The largest absolute Gasteiger partial charge is 0.467 e. The van der Waals surface area contributed by atoms with E-state index in [1.807, 2.05) is 0 Å². The van der Waals surface area contributed by atoms with Crippen LogP contribution >= 0.6 is 11.6 Å². The van der Waals surface area contributed by atoms with E-state index in [0.717, 1.165) is 0 Å². The summed E-state index contributed by atoms with van der Waals surface area (Å²) in [7, 11) is 1.18. The zero-order chi connectivity index (χ0) is 11.4. The highest BCUT2D eigenvalue weighted by atomic mass is 35.5. The van der Waals surface area contributed by atoms with Crippen molar-refractivity contribution in [3.63, 3.8) is 0 Å². The van der Waals surface area contributed by atoms with Crippen molar-refractivity contribution < 1.29 is 19.1 Å². The van der Waals surface area contributed by atoms with E-state index >= 15 is 0 Å². The normalized spacial score (nSPS) is 12.9. The van der Waals surface area contributed by atoms with Crippen molar-refractivity contribution in [1.82, 2.24) is 5.32 Å². The van der Waals surface area contributed by atoms with Gasteiger partial charge in [0.15, 0.2) is 0 Å². The van der Waals surface area contributed by atoms with Gasteiger partial charge < -0.3 is 9.47 Å². The number of amides is 1. The predicted molar refractivity (Wildman–Crippen MR) is 51.0 cm³/mol. The molecule has 0 aromatic carbocycles. The second kappa shape index (κ2) is 5.05. The first-order valence-electron chi connectivity index (χ1n) is 3.97. The Morgan fingerprint density at radius 3 is 2.21 bits per heavy atom. The number of alkyl halides is 1. The highest BCUT2D eigenvalue weighted by Gasteiger charge is 2.22. The summed E-state index contributed by atoms with van der Waals surface area (Å²) in [6.07, 6.45) is -0.761. The summed E-state index contributed by atoms with van der Waals surface area (Å²) in [6.45, 7) is 5.11. The van der Waals surface area contributed by atoms with Gasteiger partial charge in [-0.1, -0.05) is 11.6 Å². The summed E-state index contributed by atoms with van der Waals surface area (Å²) in [5.41, 5.74) is -1.86. The Morgan fingerprint density at radius 2 is 1.86 bits per heavy atom. The molecule has 0 fully saturated rings. The van der Waals surface area contributed by atoms with Crippen LogP contribution < -0.4 is 5.32 Å². The van der Waals surface area contributed by atoms with Crippen molar-refractivity contribution in [2.24, 2.45) is 0 Å². The fraction of sp³-hybridized carbons (Fsp3) is 0.750. The molecule has 0 saturated carbocycles. The van der Waals surface area contributed by atoms with Gasteiger partial charge in [-0.15, -0.1) is 0 Å². The molecule has 82 valence electrons. The van der Waals surface area contributed by atoms with Gasteiger partial charge in [0.25, 0.3) is 0 Å². The number of esters is 1. The van der Waals surface area contributed by atoms with Crippen LogP contribution in [-0.4, -0.2) is 30.3 Å². The van der Waals surface area contributed by atoms with Crippen molar-refractivity contribution in [3.05, 3.63) is 0 Å². The minimum Gasteiger partial charge on any atom is -0.467 e. The van der Waals surface area contributed by atoms with Gasteiger partial charge in [-0.05, 0) is 20.8 Å². The number of methoxy groups -OCH3 is 1. The van der Waals surface area contributed by atoms with Crippen LogP contribution in [0.2, 0.25) is 0 Å². The predicted octanol–water partition coefficient (Wildman–Crippen LogP) is 1.25. The minimum atomic E-state index is -1.23. The zero-order valence-electron chi connectivity index (χ0n) is 8.59. The van der Waals surface area contributed by atoms with Gasteiger partial charge in [0.05, 0.1) is 7.11 Å². The van der Waals surface area contributed by atoms with E-state index in [0.29, 0.717) is 0 Å². The number of carbonyl (C=O) groups is 2. The smallest absolute Gasteiger partial charge is 0.409 e. The molecule has 0 unspecified atom stereocenters. The molecule has 0 radical (unpaired) electrons. The van der Waals surface area contributed by atoms with Crippen molar-refractivity contribution >= 4 is 23.7 Å². The molecular formula is C8H14ClNO4. The number of hydrogen-bond acceptors (Lipinski definition) is 4. The number of nitrogens with one attached hydrogen (secondary N) is 1. The maximum Gasteiger partial charge on any atom is 0.409 e. The van der Waals surface area contributed by atoms with Crippen molar-refractivity contribution in [2.75, 3.05) is 7.11 Å². The first-order chi connectivity index (χ1) is 6.26. The summed E-state index contributed by atoms with van der Waals surface area (Å²) in [5.74, 6) is -0.738. The first kappa shape index (κ1) is 13.0. The lowest BCUT2D eigenvalue weighted by molar-refractivity contribution is -0.140. The molecule has 5 nitrogen and oxygen atoms in total. The summed E-state index contributed by atoms with van der Waals surface area (Å²) >= 11 is 5.47. The third kappa shape index (κ3) is 5.64. The van der Waals surface area contributed by atoms with Crippen LogP contribution in [0.1, 0.15) is 20.8 Å². The lowest BCUT2D eigenvalue weighted by Crippen LogP contribution is -2.40. The second-order valence-corrected chi connectivity index (χ2v) is 3.97. The van der Waals surface area contributed by atoms with Crippen molar-refractivity contribution in [2.45, 2.75) is 31.9 Å². The van der Waals surface area contributed by atoms with Crippen LogP contribution in [0.15, 0.2) is 0 Å². The van der Waals surface area contributed by atoms with Crippen LogP contribution in [0.4, 0.5) is 4.79 Å². The Hall–Kier alpha value is -0.970. The van der Waals surface area contributed by atoms with Gasteiger partial charge in [0.1, 0.15) is 5.60 Å². The number of ether oxygens (including phenoxy) is 2. The topological polar surface area (TPSA) is 64.6 Å². The van der Waals surface area contributed by atoms with Gasteiger partial charge in [-0.25, -0.2) is 9.59 Å². The molecule has 0 aromatic heterocycles. The van der Waals surface area contributed by atoms with Crippen LogP contribution in [0.5, 0.6) is 0 Å². The van der Waals surface area contributed by atoms with Gasteiger partial charge in [0.2, 0.25) is 5.50 Å². The van der Waals surface area contributed by atoms with E-state index < -0.39 is 23.2 Å². The number of halogens is 1. The molecule has 1 N–H and O–H groups in total. The molecule has 0 spiro atoms. The standard InChI is InChI=1S/C8H14ClNO4/c1-8(2,3)14-7(12)10-5(9)6(11)13-4/h5H,1-4H3,(H,10,12)/t5-/m1/s1.